The van der Waals surface area contributed by atoms with Crippen LogP contribution in [0, 0.1) is 6.92 Å². The molecule has 0 unspecified atom stereocenters. The first-order chi connectivity index (χ1) is 14.8. The molecule has 1 atom stereocenters. The smallest absolute Gasteiger partial charge is 0.274 e. The van der Waals surface area contributed by atoms with Gasteiger partial charge in [0.2, 0.25) is 11.7 Å². The quantitative estimate of drug-likeness (QED) is 0.430. The fraction of sp³-hybridized carbons (Fsp3) is 0.200. The number of nitrogens with zero attached hydrogens (tertiary/aromatic N) is 4. The molecule has 0 fully saturated rings. The second kappa shape index (κ2) is 8.11. The molecule has 0 saturated carbocycles. The summed E-state index contributed by atoms with van der Waals surface area (Å²) in [4.78, 5) is 20.9. The minimum absolute atomic E-state index is 0.0363. The highest BCUT2D eigenvalue weighted by atomic mass is 19.3. The second-order valence-corrected chi connectivity index (χ2v) is 6.86. The number of pyridine rings is 1. The number of alkyl halides is 2. The van der Waals surface area contributed by atoms with Gasteiger partial charge in [0.05, 0.1) is 12.6 Å². The van der Waals surface area contributed by atoms with E-state index < -0.39 is 24.9 Å². The zero-order valence-corrected chi connectivity index (χ0v) is 16.2. The maximum absolute atomic E-state index is 12.8. The van der Waals surface area contributed by atoms with E-state index in [4.69, 9.17) is 4.52 Å². The molecule has 0 aliphatic rings. The predicted molar refractivity (Wildman–Crippen MR) is 105 cm³/mol. The summed E-state index contributed by atoms with van der Waals surface area (Å²) in [6.45, 7) is 1.80. The molecule has 160 valence electrons. The van der Waals surface area contributed by atoms with Crippen LogP contribution >= 0.6 is 0 Å². The summed E-state index contributed by atoms with van der Waals surface area (Å²) in [6, 6.07) is 7.93. The molecule has 11 heteroatoms. The van der Waals surface area contributed by atoms with E-state index in [2.05, 4.69) is 20.4 Å². The Hall–Kier alpha value is -3.86. The van der Waals surface area contributed by atoms with Gasteiger partial charge in [-0.2, -0.15) is 4.98 Å². The molecule has 4 rings (SSSR count). The zero-order chi connectivity index (χ0) is 22.1. The Morgan fingerprint density at radius 1 is 1.29 bits per heavy atom. The third kappa shape index (κ3) is 4.21. The number of benzene rings is 1. The van der Waals surface area contributed by atoms with E-state index in [9.17, 15) is 23.8 Å². The lowest BCUT2D eigenvalue weighted by atomic mass is 10.1. The van der Waals surface area contributed by atoms with Crippen LogP contribution in [-0.4, -0.2) is 48.2 Å². The number of anilines is 1. The van der Waals surface area contributed by atoms with E-state index in [0.29, 0.717) is 16.9 Å². The van der Waals surface area contributed by atoms with Crippen molar-refractivity contribution < 1.29 is 28.3 Å². The number of aromatic nitrogens is 4. The topological polar surface area (TPSA) is 126 Å². The van der Waals surface area contributed by atoms with Gasteiger partial charge in [-0.05, 0) is 24.6 Å². The van der Waals surface area contributed by atoms with Crippen LogP contribution in [0.1, 0.15) is 21.9 Å². The predicted octanol–water partition coefficient (Wildman–Crippen LogP) is 2.82. The number of aliphatic hydroxyl groups excluding tert-OH is 1. The summed E-state index contributed by atoms with van der Waals surface area (Å²) < 4.78 is 31.5. The van der Waals surface area contributed by atoms with Gasteiger partial charge in [0, 0.05) is 23.5 Å². The van der Waals surface area contributed by atoms with Gasteiger partial charge in [-0.15, -0.1) is 0 Å². The van der Waals surface area contributed by atoms with Crippen LogP contribution < -0.4 is 5.32 Å². The fourth-order valence-electron chi connectivity index (χ4n) is 2.94. The third-order valence-electron chi connectivity index (χ3n) is 4.62. The van der Waals surface area contributed by atoms with Crippen molar-refractivity contribution in [1.82, 2.24) is 19.5 Å². The van der Waals surface area contributed by atoms with Crippen LogP contribution in [0.4, 0.5) is 14.5 Å². The Morgan fingerprint density at radius 3 is 2.87 bits per heavy atom. The molecule has 3 N–H and O–H groups in total. The number of carbonyl (C=O) groups is 1. The van der Waals surface area contributed by atoms with E-state index in [1.807, 2.05) is 0 Å². The average molecular weight is 429 g/mol. The van der Waals surface area contributed by atoms with Gasteiger partial charge in [0.25, 0.3) is 12.3 Å². The van der Waals surface area contributed by atoms with Gasteiger partial charge in [-0.25, -0.2) is 13.8 Å². The number of halogens is 2. The van der Waals surface area contributed by atoms with Gasteiger partial charge in [-0.3, -0.25) is 9.20 Å². The molecule has 0 saturated heterocycles. The van der Waals surface area contributed by atoms with E-state index in [-0.39, 0.29) is 23.2 Å². The summed E-state index contributed by atoms with van der Waals surface area (Å²) in [5.74, 6) is -0.373. The van der Waals surface area contributed by atoms with Crippen LogP contribution in [0.15, 0.2) is 47.2 Å². The summed E-state index contributed by atoms with van der Waals surface area (Å²) >= 11 is 0. The number of aliphatic hydroxyl groups is 1. The summed E-state index contributed by atoms with van der Waals surface area (Å²) in [5.41, 5.74) is 2.42. The Morgan fingerprint density at radius 2 is 2.10 bits per heavy atom. The van der Waals surface area contributed by atoms with Crippen molar-refractivity contribution in [2.45, 2.75) is 25.9 Å². The zero-order valence-electron chi connectivity index (χ0n) is 16.2. The summed E-state index contributed by atoms with van der Waals surface area (Å²) in [7, 11) is 0. The second-order valence-electron chi connectivity index (χ2n) is 6.86. The van der Waals surface area contributed by atoms with Crippen LogP contribution in [-0.2, 0) is 6.42 Å². The molecule has 31 heavy (non-hydrogen) atoms. The molecule has 4 aromatic rings. The van der Waals surface area contributed by atoms with E-state index >= 15 is 0 Å². The Kier molecular flexibility index (Phi) is 5.34. The minimum atomic E-state index is -2.92. The molecule has 0 aliphatic heterocycles. The van der Waals surface area contributed by atoms with Crippen LogP contribution in [0.5, 0.6) is 5.75 Å². The summed E-state index contributed by atoms with van der Waals surface area (Å²) in [6.07, 6.45) is -2.36. The molecule has 0 aliphatic carbocycles. The van der Waals surface area contributed by atoms with Crippen LogP contribution in [0.3, 0.4) is 0 Å². The first-order valence-corrected chi connectivity index (χ1v) is 9.19. The Bertz CT molecular complexity index is 1250. The molecule has 1 aromatic carbocycles. The summed E-state index contributed by atoms with van der Waals surface area (Å²) in [5, 5.41) is 25.4. The lowest BCUT2D eigenvalue weighted by Crippen LogP contribution is -2.20. The first kappa shape index (κ1) is 20.4. The van der Waals surface area contributed by atoms with Crippen molar-refractivity contribution >= 4 is 17.2 Å². The van der Waals surface area contributed by atoms with E-state index in [1.54, 1.807) is 25.1 Å². The van der Waals surface area contributed by atoms with Crippen LogP contribution in [0.2, 0.25) is 0 Å². The third-order valence-corrected chi connectivity index (χ3v) is 4.62. The highest BCUT2D eigenvalue weighted by molar-refractivity contribution is 6.04. The van der Waals surface area contributed by atoms with Crippen molar-refractivity contribution in [3.63, 3.8) is 0 Å². The minimum Gasteiger partial charge on any atom is -0.508 e. The highest BCUT2D eigenvalue weighted by Gasteiger charge is 2.21. The number of carbonyl (C=O) groups excluding carboxylic acids is 1. The number of fused-ring (bicyclic) bond motifs is 1. The maximum atomic E-state index is 12.8. The van der Waals surface area contributed by atoms with Gasteiger partial charge in [0.1, 0.15) is 23.2 Å². The fourth-order valence-corrected chi connectivity index (χ4v) is 2.94. The molecule has 0 bridgehead atoms. The highest BCUT2D eigenvalue weighted by Crippen LogP contribution is 2.25. The Balaban J connectivity index is 1.57. The molecular weight excluding hydrogens is 412 g/mol. The molecule has 0 spiro atoms. The molecule has 1 amide bonds. The normalized spacial score (nSPS) is 12.4. The van der Waals surface area contributed by atoms with Gasteiger partial charge in [0.15, 0.2) is 0 Å². The molecule has 0 radical (unpaired) electrons. The van der Waals surface area contributed by atoms with Crippen molar-refractivity contribution in [3.05, 3.63) is 59.9 Å². The number of nitrogens with one attached hydrogen (secondary N) is 1. The molecule has 9 nitrogen and oxygen atoms in total. The lowest BCUT2D eigenvalue weighted by molar-refractivity contribution is -0.00754. The first-order valence-electron chi connectivity index (χ1n) is 9.19. The molecule has 3 aromatic heterocycles. The molecule has 3 heterocycles. The number of aromatic hydroxyl groups is 1. The van der Waals surface area contributed by atoms with E-state index in [0.717, 1.165) is 5.56 Å². The standard InChI is InChI=1S/C20H17F2N5O4/c1-10-2-3-11(19-25-17(31-26-19)8-15(29)18(21)22)6-13(10)24-20(30)14-9-23-16-7-12(28)4-5-27(14)16/h2-7,9,15,18,28-29H,8H2,1H3,(H,24,30)/t15-/m0/s1. The van der Waals surface area contributed by atoms with Gasteiger partial charge < -0.3 is 20.1 Å². The number of rotatable bonds is 6. The lowest BCUT2D eigenvalue weighted by Gasteiger charge is -2.09. The van der Waals surface area contributed by atoms with Gasteiger partial charge >= 0.3 is 0 Å². The monoisotopic (exact) mass is 429 g/mol. The number of aryl methyl sites for hydroxylation is 1. The number of hydrogen-bond donors (Lipinski definition) is 3. The maximum Gasteiger partial charge on any atom is 0.274 e. The number of imidazole rings is 1. The van der Waals surface area contributed by atoms with Crippen LogP contribution in [0.25, 0.3) is 17.0 Å². The largest absolute Gasteiger partial charge is 0.508 e. The number of hydrogen-bond acceptors (Lipinski definition) is 7. The molecular formula is C20H17F2N5O4. The van der Waals surface area contributed by atoms with Crippen molar-refractivity contribution in [2.75, 3.05) is 5.32 Å². The van der Waals surface area contributed by atoms with Crippen molar-refractivity contribution in [2.24, 2.45) is 0 Å². The SMILES string of the molecule is Cc1ccc(-c2noc(C[C@H](O)C(F)F)n2)cc1NC(=O)c1cnc2cc(O)ccn12. The van der Waals surface area contributed by atoms with Gasteiger partial charge in [-0.1, -0.05) is 17.3 Å². The van der Waals surface area contributed by atoms with Crippen molar-refractivity contribution in [3.8, 4) is 17.1 Å². The number of amides is 1. The van der Waals surface area contributed by atoms with E-state index in [1.165, 1.54) is 28.9 Å². The van der Waals surface area contributed by atoms with Crippen molar-refractivity contribution in [1.29, 1.82) is 0 Å². The Labute approximate surface area is 174 Å². The average Bonchev–Trinajstić information content (AvgIpc) is 3.36.